The van der Waals surface area contributed by atoms with E-state index in [9.17, 15) is 9.59 Å². The fourth-order valence-corrected chi connectivity index (χ4v) is 3.86. The second-order valence-electron chi connectivity index (χ2n) is 6.73. The summed E-state index contributed by atoms with van der Waals surface area (Å²) in [7, 11) is 3.16. The van der Waals surface area contributed by atoms with Crippen LogP contribution in [0.15, 0.2) is 70.9 Å². The first-order valence-corrected chi connectivity index (χ1v) is 10.7. The molecule has 4 aromatic rings. The fourth-order valence-electron chi connectivity index (χ4n) is 3.11. The van der Waals surface area contributed by atoms with Crippen LogP contribution in [-0.4, -0.2) is 45.0 Å². The molecule has 164 valence electrons. The average Bonchev–Trinajstić information content (AvgIpc) is 3.26. The van der Waals surface area contributed by atoms with E-state index < -0.39 is 0 Å². The molecule has 0 spiro atoms. The number of aromatic nitrogens is 4. The van der Waals surface area contributed by atoms with Crippen molar-refractivity contribution in [3.63, 3.8) is 0 Å². The molecule has 0 atom stereocenters. The third-order valence-corrected chi connectivity index (χ3v) is 5.71. The topological polar surface area (TPSA) is 99.8 Å². The zero-order valence-corrected chi connectivity index (χ0v) is 18.3. The number of fused-ring (bicyclic) bond motifs is 1. The lowest BCUT2D eigenvalue weighted by Gasteiger charge is -2.10. The quantitative estimate of drug-likeness (QED) is 0.410. The number of carbonyl (C=O) groups is 1. The number of thioether (sulfide) groups is 1. The van der Waals surface area contributed by atoms with Crippen LogP contribution in [0.4, 0.5) is 0 Å². The molecule has 0 bridgehead atoms. The smallest absolute Gasteiger partial charge is 0.300 e. The molecule has 10 heteroatoms. The van der Waals surface area contributed by atoms with Crippen LogP contribution in [0.3, 0.4) is 0 Å². The summed E-state index contributed by atoms with van der Waals surface area (Å²) >= 11 is 1.21. The molecule has 32 heavy (non-hydrogen) atoms. The minimum absolute atomic E-state index is 0.145. The number of benzene rings is 2. The summed E-state index contributed by atoms with van der Waals surface area (Å²) in [5.74, 6) is 1.33. The van der Waals surface area contributed by atoms with Crippen molar-refractivity contribution in [1.82, 2.24) is 24.5 Å². The Labute approximate surface area is 188 Å². The molecule has 0 saturated carbocycles. The Balaban J connectivity index is 1.44. The average molecular weight is 452 g/mol. The van der Waals surface area contributed by atoms with Crippen LogP contribution in [0, 0.1) is 0 Å². The van der Waals surface area contributed by atoms with Gasteiger partial charge in [0.25, 0.3) is 0 Å². The third-order valence-electron chi connectivity index (χ3n) is 4.77. The zero-order chi connectivity index (χ0) is 22.5. The van der Waals surface area contributed by atoms with Crippen molar-refractivity contribution in [3.8, 4) is 17.2 Å². The predicted molar refractivity (Wildman–Crippen MR) is 121 cm³/mol. The molecule has 4 rings (SSSR count). The number of hydrogen-bond acceptors (Lipinski definition) is 7. The van der Waals surface area contributed by atoms with E-state index in [4.69, 9.17) is 9.47 Å². The fraction of sp³-hybridized carbons (Fsp3) is 0.182. The van der Waals surface area contributed by atoms with Crippen molar-refractivity contribution < 1.29 is 14.3 Å². The van der Waals surface area contributed by atoms with E-state index in [-0.39, 0.29) is 22.9 Å². The highest BCUT2D eigenvalue weighted by atomic mass is 32.2. The largest absolute Gasteiger partial charge is 0.497 e. The second-order valence-corrected chi connectivity index (χ2v) is 7.68. The van der Waals surface area contributed by atoms with E-state index >= 15 is 0 Å². The van der Waals surface area contributed by atoms with Crippen molar-refractivity contribution in [3.05, 3.63) is 76.8 Å². The molecule has 2 heterocycles. The Morgan fingerprint density at radius 3 is 2.56 bits per heavy atom. The normalized spacial score (nSPS) is 10.8. The maximum atomic E-state index is 12.9. The molecular weight excluding hydrogens is 430 g/mol. The molecule has 1 amide bonds. The van der Waals surface area contributed by atoms with Gasteiger partial charge in [0.1, 0.15) is 11.5 Å². The van der Waals surface area contributed by atoms with E-state index in [2.05, 4.69) is 15.5 Å². The maximum absolute atomic E-state index is 12.9. The highest BCUT2D eigenvalue weighted by molar-refractivity contribution is 7.99. The van der Waals surface area contributed by atoms with Crippen LogP contribution in [0.1, 0.15) is 5.56 Å². The van der Waals surface area contributed by atoms with Gasteiger partial charge in [-0.1, -0.05) is 36.0 Å². The summed E-state index contributed by atoms with van der Waals surface area (Å²) in [6, 6.07) is 14.7. The van der Waals surface area contributed by atoms with Crippen molar-refractivity contribution >= 4 is 23.3 Å². The summed E-state index contributed by atoms with van der Waals surface area (Å²) in [5.41, 5.74) is 1.41. The SMILES string of the molecule is COc1ccc(CNC(=O)CSc2nnc3c(=O)n(-c4ccccc4OC)ccn23)cc1. The first-order chi connectivity index (χ1) is 15.6. The summed E-state index contributed by atoms with van der Waals surface area (Å²) in [6.07, 6.45) is 3.32. The summed E-state index contributed by atoms with van der Waals surface area (Å²) in [5, 5.41) is 11.4. The van der Waals surface area contributed by atoms with E-state index in [1.807, 2.05) is 36.4 Å². The Hall–Kier alpha value is -3.79. The van der Waals surface area contributed by atoms with E-state index in [1.165, 1.54) is 16.3 Å². The van der Waals surface area contributed by atoms with Gasteiger partial charge in [0, 0.05) is 18.9 Å². The maximum Gasteiger partial charge on any atom is 0.300 e. The van der Waals surface area contributed by atoms with Gasteiger partial charge in [-0.15, -0.1) is 10.2 Å². The minimum atomic E-state index is -0.333. The number of hydrogen-bond donors (Lipinski definition) is 1. The summed E-state index contributed by atoms with van der Waals surface area (Å²) in [6.45, 7) is 0.410. The predicted octanol–water partition coefficient (Wildman–Crippen LogP) is 2.31. The molecule has 2 aromatic carbocycles. The monoisotopic (exact) mass is 451 g/mol. The Kier molecular flexibility index (Phi) is 6.41. The van der Waals surface area contributed by atoms with Gasteiger partial charge in [-0.25, -0.2) is 0 Å². The molecule has 0 radical (unpaired) electrons. The number of nitrogens with zero attached hydrogens (tertiary/aromatic N) is 4. The van der Waals surface area contributed by atoms with Gasteiger partial charge in [-0.05, 0) is 29.8 Å². The lowest BCUT2D eigenvalue weighted by atomic mass is 10.2. The summed E-state index contributed by atoms with van der Waals surface area (Å²) in [4.78, 5) is 25.2. The number of amides is 1. The van der Waals surface area contributed by atoms with Gasteiger partial charge in [0.2, 0.25) is 11.6 Å². The van der Waals surface area contributed by atoms with Gasteiger partial charge in [0.05, 0.1) is 25.7 Å². The van der Waals surface area contributed by atoms with Crippen LogP contribution < -0.4 is 20.3 Å². The van der Waals surface area contributed by atoms with Crippen molar-refractivity contribution in [1.29, 1.82) is 0 Å². The van der Waals surface area contributed by atoms with E-state index in [0.29, 0.717) is 23.1 Å². The molecule has 0 aliphatic carbocycles. The molecular formula is C22H21N5O4S. The number of methoxy groups -OCH3 is 2. The van der Waals surface area contributed by atoms with Gasteiger partial charge in [0.15, 0.2) is 5.16 Å². The van der Waals surface area contributed by atoms with Crippen molar-refractivity contribution in [2.24, 2.45) is 0 Å². The number of nitrogens with one attached hydrogen (secondary N) is 1. The molecule has 0 saturated heterocycles. The number of para-hydroxylation sites is 2. The Morgan fingerprint density at radius 1 is 1.03 bits per heavy atom. The van der Waals surface area contributed by atoms with Crippen molar-refractivity contribution in [2.45, 2.75) is 11.7 Å². The molecule has 9 nitrogen and oxygen atoms in total. The van der Waals surface area contributed by atoms with Gasteiger partial charge in [-0.3, -0.25) is 18.6 Å². The Morgan fingerprint density at radius 2 is 1.81 bits per heavy atom. The number of carbonyl (C=O) groups excluding carboxylic acids is 1. The Bertz CT molecular complexity index is 1300. The first kappa shape index (κ1) is 21.4. The van der Waals surface area contributed by atoms with Crippen molar-refractivity contribution in [2.75, 3.05) is 20.0 Å². The zero-order valence-electron chi connectivity index (χ0n) is 17.5. The van der Waals surface area contributed by atoms with Crippen LogP contribution in [-0.2, 0) is 11.3 Å². The standard InChI is InChI=1S/C22H21N5O4S/c1-30-16-9-7-15(8-10-16)13-23-19(28)14-32-22-25-24-20-21(29)26(11-12-27(20)22)17-5-3-4-6-18(17)31-2/h3-12H,13-14H2,1-2H3,(H,23,28). The van der Waals surface area contributed by atoms with Gasteiger partial charge >= 0.3 is 5.56 Å². The second kappa shape index (κ2) is 9.56. The molecule has 0 aliphatic heterocycles. The van der Waals surface area contributed by atoms with Crippen LogP contribution in [0.25, 0.3) is 11.3 Å². The third kappa shape index (κ3) is 4.45. The lowest BCUT2D eigenvalue weighted by Crippen LogP contribution is -2.24. The molecule has 0 fully saturated rings. The van der Waals surface area contributed by atoms with Gasteiger partial charge < -0.3 is 14.8 Å². The molecule has 2 aromatic heterocycles. The summed E-state index contributed by atoms with van der Waals surface area (Å²) < 4.78 is 13.5. The molecule has 1 N–H and O–H groups in total. The van der Waals surface area contributed by atoms with Crippen LogP contribution in [0.5, 0.6) is 11.5 Å². The molecule has 0 aliphatic rings. The highest BCUT2D eigenvalue weighted by Gasteiger charge is 2.15. The van der Waals surface area contributed by atoms with Crippen LogP contribution >= 0.6 is 11.8 Å². The van der Waals surface area contributed by atoms with E-state index in [1.54, 1.807) is 43.1 Å². The van der Waals surface area contributed by atoms with Crippen LogP contribution in [0.2, 0.25) is 0 Å². The molecule has 0 unspecified atom stereocenters. The van der Waals surface area contributed by atoms with E-state index in [0.717, 1.165) is 11.3 Å². The lowest BCUT2D eigenvalue weighted by molar-refractivity contribution is -0.118. The minimum Gasteiger partial charge on any atom is -0.497 e. The highest BCUT2D eigenvalue weighted by Crippen LogP contribution is 2.21. The van der Waals surface area contributed by atoms with Gasteiger partial charge in [-0.2, -0.15) is 0 Å². The number of rotatable bonds is 8. The number of ether oxygens (including phenoxy) is 2. The first-order valence-electron chi connectivity index (χ1n) is 9.73.